The number of ether oxygens (including phenoxy) is 1. The number of methoxy groups -OCH3 is 1. The van der Waals surface area contributed by atoms with Crippen LogP contribution in [-0.4, -0.2) is 11.5 Å². The Morgan fingerprint density at radius 2 is 2.86 bits per heavy atom. The second-order valence-electron chi connectivity index (χ2n) is 0.996. The largest absolute Gasteiger partial charge is 0.493 e. The second-order valence-corrected chi connectivity index (χ2v) is 1.59. The Kier molecular flexibility index (Phi) is 1.26. The summed E-state index contributed by atoms with van der Waals surface area (Å²) in [6, 6.07) is 0. The third-order valence-electron chi connectivity index (χ3n) is 0.589. The molecule has 0 amide bonds. The highest BCUT2D eigenvalue weighted by atomic mass is 32.1. The van der Waals surface area contributed by atoms with E-state index in [1.165, 1.54) is 11.5 Å². The maximum Gasteiger partial charge on any atom is 0.158 e. The number of hydrogen-bond acceptors (Lipinski definition) is 3. The zero-order valence-electron chi connectivity index (χ0n) is 3.84. The van der Waals surface area contributed by atoms with E-state index in [9.17, 15) is 0 Å². The fourth-order valence-corrected chi connectivity index (χ4v) is 0.693. The van der Waals surface area contributed by atoms with Crippen LogP contribution in [-0.2, 0) is 0 Å². The first kappa shape index (κ1) is 4.59. The molecule has 1 rings (SSSR count). The van der Waals surface area contributed by atoms with Gasteiger partial charge in [-0.15, -0.1) is 0 Å². The molecule has 1 heterocycles. The van der Waals surface area contributed by atoms with Crippen LogP contribution in [0.3, 0.4) is 0 Å². The van der Waals surface area contributed by atoms with Gasteiger partial charge in [0.2, 0.25) is 0 Å². The normalized spacial score (nSPS) is 8.71. The fourth-order valence-electron chi connectivity index (χ4n) is 0.266. The summed E-state index contributed by atoms with van der Waals surface area (Å²) in [6.07, 6.45) is 1.63. The Morgan fingerprint density at radius 1 is 2.00 bits per heavy atom. The first-order chi connectivity index (χ1) is 3.43. The van der Waals surface area contributed by atoms with Gasteiger partial charge in [0.25, 0.3) is 0 Å². The van der Waals surface area contributed by atoms with Crippen LogP contribution in [0.5, 0.6) is 5.75 Å². The Morgan fingerprint density at radius 3 is 3.14 bits per heavy atom. The van der Waals surface area contributed by atoms with Crippen molar-refractivity contribution in [1.29, 1.82) is 0 Å². The monoisotopic (exact) mass is 114 g/mol. The molecule has 37 valence electrons. The summed E-state index contributed by atoms with van der Waals surface area (Å²) in [6.45, 7) is 0. The average molecular weight is 114 g/mol. The van der Waals surface area contributed by atoms with Crippen molar-refractivity contribution in [3.05, 3.63) is 11.6 Å². The zero-order chi connectivity index (χ0) is 5.11. The molecule has 0 aliphatic rings. The van der Waals surface area contributed by atoms with Crippen molar-refractivity contribution in [3.63, 3.8) is 0 Å². The summed E-state index contributed by atoms with van der Waals surface area (Å²) < 4.78 is 8.50. The predicted molar refractivity (Wildman–Crippen MR) is 27.5 cm³/mol. The van der Waals surface area contributed by atoms with Gasteiger partial charge in [0.05, 0.1) is 13.3 Å². The molecule has 0 aliphatic heterocycles. The fraction of sp³-hybridized carbons (Fsp3) is 0.250. The molecule has 0 atom stereocenters. The third-order valence-corrected chi connectivity index (χ3v) is 1.09. The third kappa shape index (κ3) is 0.899. The van der Waals surface area contributed by atoms with Gasteiger partial charge in [-0.25, -0.2) is 0 Å². The van der Waals surface area contributed by atoms with Gasteiger partial charge in [0.1, 0.15) is 5.38 Å². The molecule has 2 nitrogen and oxygen atoms in total. The summed E-state index contributed by atoms with van der Waals surface area (Å²) >= 11 is 1.26. The minimum Gasteiger partial charge on any atom is -0.493 e. The molecule has 7 heavy (non-hydrogen) atoms. The molecule has 0 saturated heterocycles. The number of aromatic nitrogens is 1. The highest BCUT2D eigenvalue weighted by molar-refractivity contribution is 7.03. The van der Waals surface area contributed by atoms with Crippen molar-refractivity contribution in [2.24, 2.45) is 0 Å². The molecule has 0 fully saturated rings. The van der Waals surface area contributed by atoms with Gasteiger partial charge >= 0.3 is 0 Å². The van der Waals surface area contributed by atoms with Crippen molar-refractivity contribution in [2.75, 3.05) is 7.11 Å². The first-order valence-electron chi connectivity index (χ1n) is 1.80. The van der Waals surface area contributed by atoms with E-state index >= 15 is 0 Å². The van der Waals surface area contributed by atoms with Gasteiger partial charge < -0.3 is 4.74 Å². The zero-order valence-corrected chi connectivity index (χ0v) is 4.66. The van der Waals surface area contributed by atoms with Gasteiger partial charge in [0, 0.05) is 0 Å². The Labute approximate surface area is 45.9 Å². The average Bonchev–Trinajstić information content (AvgIpc) is 2.14. The maximum atomic E-state index is 4.75. The molecule has 1 radical (unpaired) electrons. The highest BCUT2D eigenvalue weighted by Gasteiger charge is 1.86. The number of hydrogen-bond donors (Lipinski definition) is 0. The predicted octanol–water partition coefficient (Wildman–Crippen LogP) is 0.952. The van der Waals surface area contributed by atoms with E-state index in [1.54, 1.807) is 13.3 Å². The smallest absolute Gasteiger partial charge is 0.158 e. The summed E-state index contributed by atoms with van der Waals surface area (Å²) in [5, 5.41) is 2.80. The highest BCUT2D eigenvalue weighted by Crippen LogP contribution is 2.07. The molecular formula is C4H4NOS. The lowest BCUT2D eigenvalue weighted by Crippen LogP contribution is -1.75. The lowest BCUT2D eigenvalue weighted by atomic mass is 10.7. The molecule has 1 aromatic rings. The first-order valence-corrected chi connectivity index (χ1v) is 2.57. The van der Waals surface area contributed by atoms with Crippen molar-refractivity contribution < 1.29 is 4.74 Å². The maximum absolute atomic E-state index is 4.75. The van der Waals surface area contributed by atoms with Gasteiger partial charge in [-0.3, -0.25) is 0 Å². The lowest BCUT2D eigenvalue weighted by Gasteiger charge is -1.84. The molecule has 0 bridgehead atoms. The molecule has 0 unspecified atom stereocenters. The van der Waals surface area contributed by atoms with Gasteiger partial charge in [-0.05, 0) is 11.5 Å². The van der Waals surface area contributed by atoms with Crippen LogP contribution in [0.1, 0.15) is 0 Å². The van der Waals surface area contributed by atoms with Crippen molar-refractivity contribution in [1.82, 2.24) is 4.37 Å². The van der Waals surface area contributed by atoms with E-state index in [4.69, 9.17) is 4.74 Å². The topological polar surface area (TPSA) is 22.1 Å². The van der Waals surface area contributed by atoms with Gasteiger partial charge in [-0.1, -0.05) is 0 Å². The summed E-state index contributed by atoms with van der Waals surface area (Å²) in [5.74, 6) is 0.713. The Bertz CT molecular complexity index is 126. The minimum absolute atomic E-state index is 0.713. The van der Waals surface area contributed by atoms with Crippen LogP contribution in [0.25, 0.3) is 0 Å². The summed E-state index contributed by atoms with van der Waals surface area (Å²) in [4.78, 5) is 0. The van der Waals surface area contributed by atoms with E-state index in [0.717, 1.165) is 0 Å². The van der Waals surface area contributed by atoms with Crippen LogP contribution in [0.2, 0.25) is 0 Å². The summed E-state index contributed by atoms with van der Waals surface area (Å²) in [7, 11) is 1.60. The van der Waals surface area contributed by atoms with E-state index in [1.807, 2.05) is 0 Å². The Balaban J connectivity index is 2.76. The van der Waals surface area contributed by atoms with E-state index in [0.29, 0.717) is 5.75 Å². The van der Waals surface area contributed by atoms with E-state index < -0.39 is 0 Å². The molecule has 0 spiro atoms. The minimum atomic E-state index is 0.713. The van der Waals surface area contributed by atoms with Crippen LogP contribution in [0.15, 0.2) is 6.20 Å². The molecule has 0 aromatic carbocycles. The van der Waals surface area contributed by atoms with Crippen molar-refractivity contribution >= 4 is 11.5 Å². The lowest BCUT2D eigenvalue weighted by molar-refractivity contribution is 0.415. The summed E-state index contributed by atoms with van der Waals surface area (Å²) in [5.41, 5.74) is 0. The van der Waals surface area contributed by atoms with Gasteiger partial charge in [-0.2, -0.15) is 4.37 Å². The van der Waals surface area contributed by atoms with Crippen LogP contribution in [0.4, 0.5) is 0 Å². The van der Waals surface area contributed by atoms with Crippen molar-refractivity contribution in [3.8, 4) is 5.75 Å². The molecule has 0 saturated carbocycles. The van der Waals surface area contributed by atoms with E-state index in [-0.39, 0.29) is 0 Å². The van der Waals surface area contributed by atoms with Crippen molar-refractivity contribution in [2.45, 2.75) is 0 Å². The quantitative estimate of drug-likeness (QED) is 0.542. The molecule has 0 N–H and O–H groups in total. The van der Waals surface area contributed by atoms with Crippen LogP contribution < -0.4 is 4.74 Å². The van der Waals surface area contributed by atoms with Gasteiger partial charge in [0.15, 0.2) is 5.75 Å². The number of rotatable bonds is 1. The molecular weight excluding hydrogens is 110 g/mol. The SMILES string of the molecule is COc1[c]snc1. The second kappa shape index (κ2) is 1.93. The van der Waals surface area contributed by atoms with E-state index in [2.05, 4.69) is 9.75 Å². The number of nitrogens with zero attached hydrogens (tertiary/aromatic N) is 1. The van der Waals surface area contributed by atoms with Crippen LogP contribution >= 0.6 is 11.5 Å². The Hall–Kier alpha value is -0.570. The molecule has 3 heteroatoms. The standard InChI is InChI=1S/C4H4NOS/c1-6-4-2-5-7-3-4/h2H,1H3. The van der Waals surface area contributed by atoms with Crippen LogP contribution in [0, 0.1) is 5.38 Å². The molecule has 0 aliphatic carbocycles. The molecule has 1 aromatic heterocycles.